The fourth-order valence-electron chi connectivity index (χ4n) is 2.11. The third-order valence-corrected chi connectivity index (χ3v) is 4.86. The Bertz CT molecular complexity index is 677. The smallest absolute Gasteiger partial charge is 0.293 e. The highest BCUT2D eigenvalue weighted by atomic mass is 79.9. The predicted molar refractivity (Wildman–Crippen MR) is 96.4 cm³/mol. The van der Waals surface area contributed by atoms with Crippen molar-refractivity contribution < 1.29 is 23.8 Å². The van der Waals surface area contributed by atoms with Crippen LogP contribution in [0.2, 0.25) is 0 Å². The second kappa shape index (κ2) is 8.55. The van der Waals surface area contributed by atoms with Crippen LogP contribution < -0.4 is 9.47 Å². The topological polar surface area (TPSA) is 65.1 Å². The van der Waals surface area contributed by atoms with Crippen molar-refractivity contribution >= 4 is 44.9 Å². The zero-order chi connectivity index (χ0) is 17.7. The molecule has 1 aromatic carbocycles. The Balaban J connectivity index is 2.32. The standard InChI is InChI=1S/C16H18BrNO5S/c1-4-23-13-7-10(11(17)9-12(13)22-3)8-14-15(19)18(5-6-21-2)16(20)24-14/h7-9H,4-6H2,1-3H3/b14-8+. The first kappa shape index (κ1) is 18.8. The van der Waals surface area contributed by atoms with Crippen LogP contribution in [0, 0.1) is 0 Å². The molecule has 0 spiro atoms. The lowest BCUT2D eigenvalue weighted by Gasteiger charge is -2.12. The van der Waals surface area contributed by atoms with Gasteiger partial charge in [0, 0.05) is 11.6 Å². The molecule has 1 aromatic rings. The summed E-state index contributed by atoms with van der Waals surface area (Å²) in [5.41, 5.74) is 0.733. The van der Waals surface area contributed by atoms with E-state index in [-0.39, 0.29) is 17.7 Å². The van der Waals surface area contributed by atoms with Crippen molar-refractivity contribution in [2.24, 2.45) is 0 Å². The number of nitrogens with zero attached hydrogens (tertiary/aromatic N) is 1. The van der Waals surface area contributed by atoms with E-state index in [9.17, 15) is 9.59 Å². The van der Waals surface area contributed by atoms with Crippen LogP contribution in [0.4, 0.5) is 4.79 Å². The summed E-state index contributed by atoms with van der Waals surface area (Å²) in [6.07, 6.45) is 1.67. The second-order valence-corrected chi connectivity index (χ2v) is 6.63. The van der Waals surface area contributed by atoms with E-state index in [0.29, 0.717) is 29.6 Å². The van der Waals surface area contributed by atoms with Crippen LogP contribution in [-0.4, -0.2) is 50.0 Å². The number of carbonyl (C=O) groups excluding carboxylic acids is 2. The molecule has 2 rings (SSSR count). The van der Waals surface area contributed by atoms with E-state index < -0.39 is 0 Å². The molecule has 0 atom stereocenters. The van der Waals surface area contributed by atoms with Gasteiger partial charge in [0.25, 0.3) is 11.1 Å². The van der Waals surface area contributed by atoms with E-state index in [1.54, 1.807) is 25.3 Å². The average molecular weight is 416 g/mol. The molecule has 0 bridgehead atoms. The van der Waals surface area contributed by atoms with Crippen LogP contribution in [0.25, 0.3) is 6.08 Å². The molecular formula is C16H18BrNO5S. The molecule has 0 radical (unpaired) electrons. The highest BCUT2D eigenvalue weighted by Gasteiger charge is 2.34. The Kier molecular flexibility index (Phi) is 6.70. The van der Waals surface area contributed by atoms with Crippen LogP contribution in [-0.2, 0) is 9.53 Å². The maximum atomic E-state index is 12.4. The summed E-state index contributed by atoms with van der Waals surface area (Å²) in [4.78, 5) is 25.9. The van der Waals surface area contributed by atoms with Gasteiger partial charge in [-0.3, -0.25) is 14.5 Å². The van der Waals surface area contributed by atoms with E-state index in [1.807, 2.05) is 6.92 Å². The summed E-state index contributed by atoms with van der Waals surface area (Å²) in [7, 11) is 3.09. The van der Waals surface area contributed by atoms with Gasteiger partial charge in [-0.15, -0.1) is 0 Å². The molecule has 1 heterocycles. The van der Waals surface area contributed by atoms with Crippen molar-refractivity contribution in [1.29, 1.82) is 0 Å². The molecule has 24 heavy (non-hydrogen) atoms. The summed E-state index contributed by atoms with van der Waals surface area (Å²) >= 11 is 4.37. The lowest BCUT2D eigenvalue weighted by Crippen LogP contribution is -2.31. The molecule has 0 aliphatic carbocycles. The highest BCUT2D eigenvalue weighted by Crippen LogP contribution is 2.37. The third-order valence-electron chi connectivity index (χ3n) is 3.26. The number of amides is 2. The van der Waals surface area contributed by atoms with Crippen molar-refractivity contribution in [3.05, 3.63) is 27.1 Å². The van der Waals surface area contributed by atoms with E-state index in [0.717, 1.165) is 21.8 Å². The fourth-order valence-corrected chi connectivity index (χ4v) is 3.40. The van der Waals surface area contributed by atoms with Gasteiger partial charge in [-0.25, -0.2) is 0 Å². The molecule has 1 aliphatic rings. The number of ether oxygens (including phenoxy) is 3. The van der Waals surface area contributed by atoms with Gasteiger partial charge in [-0.1, -0.05) is 15.9 Å². The van der Waals surface area contributed by atoms with E-state index in [4.69, 9.17) is 14.2 Å². The number of hydrogen-bond donors (Lipinski definition) is 0. The van der Waals surface area contributed by atoms with E-state index in [2.05, 4.69) is 15.9 Å². The van der Waals surface area contributed by atoms with Crippen molar-refractivity contribution in [2.75, 3.05) is 34.0 Å². The number of halogens is 1. The molecule has 0 unspecified atom stereocenters. The Labute approximate surface area is 153 Å². The highest BCUT2D eigenvalue weighted by molar-refractivity contribution is 9.10. The minimum absolute atomic E-state index is 0.243. The molecule has 1 saturated heterocycles. The summed E-state index contributed by atoms with van der Waals surface area (Å²) in [5.74, 6) is 0.852. The van der Waals surface area contributed by atoms with Gasteiger partial charge in [0.05, 0.1) is 31.8 Å². The maximum Gasteiger partial charge on any atom is 0.293 e. The average Bonchev–Trinajstić information content (AvgIpc) is 2.82. The second-order valence-electron chi connectivity index (χ2n) is 4.78. The normalized spacial score (nSPS) is 16.2. The van der Waals surface area contributed by atoms with Gasteiger partial charge in [0.2, 0.25) is 0 Å². The lowest BCUT2D eigenvalue weighted by molar-refractivity contribution is -0.123. The number of imide groups is 1. The Hall–Kier alpha value is -1.51. The van der Waals surface area contributed by atoms with Crippen LogP contribution in [0.3, 0.4) is 0 Å². The van der Waals surface area contributed by atoms with E-state index in [1.165, 1.54) is 12.0 Å². The number of thioether (sulfide) groups is 1. The molecule has 6 nitrogen and oxygen atoms in total. The molecule has 1 aliphatic heterocycles. The molecule has 130 valence electrons. The zero-order valence-corrected chi connectivity index (χ0v) is 16.0. The minimum Gasteiger partial charge on any atom is -0.493 e. The lowest BCUT2D eigenvalue weighted by atomic mass is 10.2. The first-order valence-corrected chi connectivity index (χ1v) is 8.87. The molecule has 0 aromatic heterocycles. The maximum absolute atomic E-state index is 12.4. The van der Waals surface area contributed by atoms with Gasteiger partial charge in [0.15, 0.2) is 11.5 Å². The minimum atomic E-state index is -0.317. The van der Waals surface area contributed by atoms with Gasteiger partial charge in [-0.05, 0) is 42.5 Å². The molecule has 1 fully saturated rings. The number of carbonyl (C=O) groups is 2. The molecular weight excluding hydrogens is 398 g/mol. The van der Waals surface area contributed by atoms with Crippen LogP contribution in [0.15, 0.2) is 21.5 Å². The van der Waals surface area contributed by atoms with E-state index >= 15 is 0 Å². The van der Waals surface area contributed by atoms with Gasteiger partial charge in [0.1, 0.15) is 0 Å². The number of hydrogen-bond acceptors (Lipinski definition) is 6. The van der Waals surface area contributed by atoms with Crippen LogP contribution in [0.1, 0.15) is 12.5 Å². The first-order chi connectivity index (χ1) is 11.5. The quantitative estimate of drug-likeness (QED) is 0.634. The van der Waals surface area contributed by atoms with Crippen molar-refractivity contribution in [3.63, 3.8) is 0 Å². The van der Waals surface area contributed by atoms with Gasteiger partial charge >= 0.3 is 0 Å². The van der Waals surface area contributed by atoms with Crippen molar-refractivity contribution in [1.82, 2.24) is 4.90 Å². The number of methoxy groups -OCH3 is 2. The predicted octanol–water partition coefficient (Wildman–Crippen LogP) is 3.54. The van der Waals surface area contributed by atoms with Crippen molar-refractivity contribution in [2.45, 2.75) is 6.92 Å². The number of benzene rings is 1. The zero-order valence-electron chi connectivity index (χ0n) is 13.6. The molecule has 0 saturated carbocycles. The fraction of sp³-hybridized carbons (Fsp3) is 0.375. The largest absolute Gasteiger partial charge is 0.493 e. The van der Waals surface area contributed by atoms with Gasteiger partial charge < -0.3 is 14.2 Å². The van der Waals surface area contributed by atoms with Crippen molar-refractivity contribution in [3.8, 4) is 11.5 Å². The summed E-state index contributed by atoms with van der Waals surface area (Å²) in [6.45, 7) is 2.92. The van der Waals surface area contributed by atoms with Gasteiger partial charge in [-0.2, -0.15) is 0 Å². The molecule has 2 amide bonds. The summed E-state index contributed by atoms with van der Waals surface area (Å²) in [5, 5.41) is -0.294. The summed E-state index contributed by atoms with van der Waals surface area (Å²) in [6, 6.07) is 3.54. The Morgan fingerprint density at radius 3 is 2.62 bits per heavy atom. The monoisotopic (exact) mass is 415 g/mol. The molecule has 0 N–H and O–H groups in total. The van der Waals surface area contributed by atoms with Crippen LogP contribution >= 0.6 is 27.7 Å². The molecule has 8 heteroatoms. The van der Waals surface area contributed by atoms with Crippen LogP contribution in [0.5, 0.6) is 11.5 Å². The first-order valence-electron chi connectivity index (χ1n) is 7.26. The Morgan fingerprint density at radius 2 is 2.00 bits per heavy atom. The SMILES string of the molecule is CCOc1cc(/C=C2/SC(=O)N(CCOC)C2=O)c(Br)cc1OC. The number of rotatable bonds is 7. The Morgan fingerprint density at radius 1 is 1.25 bits per heavy atom. The third kappa shape index (κ3) is 4.12. The summed E-state index contributed by atoms with van der Waals surface area (Å²) < 4.78 is 16.5.